The van der Waals surface area contributed by atoms with Crippen LogP contribution in [0.3, 0.4) is 0 Å². The summed E-state index contributed by atoms with van der Waals surface area (Å²) in [6, 6.07) is -0.934. The molecule has 2 aliphatic heterocycles. The van der Waals surface area contributed by atoms with Gasteiger partial charge < -0.3 is 21.4 Å². The molecule has 0 aromatic carbocycles. The number of carbonyl (C=O) groups excluding carboxylic acids is 2. The van der Waals surface area contributed by atoms with Gasteiger partial charge in [0.2, 0.25) is 0 Å². The fourth-order valence-electron chi connectivity index (χ4n) is 2.79. The van der Waals surface area contributed by atoms with Gasteiger partial charge in [-0.3, -0.25) is 14.5 Å². The van der Waals surface area contributed by atoms with Crippen LogP contribution in [0.2, 0.25) is 0 Å². The van der Waals surface area contributed by atoms with Crippen LogP contribution in [0.25, 0.3) is 0 Å². The molecule has 27 heavy (non-hydrogen) atoms. The van der Waals surface area contributed by atoms with Crippen LogP contribution in [0.4, 0.5) is 5.13 Å². The highest BCUT2D eigenvalue weighted by atomic mass is 32.2. The number of rotatable bonds is 5. The lowest BCUT2D eigenvalue weighted by Gasteiger charge is -2.49. The Morgan fingerprint density at radius 3 is 2.81 bits per heavy atom. The molecule has 0 aliphatic carbocycles. The van der Waals surface area contributed by atoms with E-state index in [1.165, 1.54) is 17.1 Å². The van der Waals surface area contributed by atoms with Gasteiger partial charge in [0.1, 0.15) is 22.8 Å². The number of nitrogen functional groups attached to an aromatic ring is 1. The summed E-state index contributed by atoms with van der Waals surface area (Å²) in [5.41, 5.74) is 5.66. The average Bonchev–Trinajstić information content (AvgIpc) is 3.05. The number of amides is 2. The molecule has 1 fully saturated rings. The van der Waals surface area contributed by atoms with Gasteiger partial charge in [-0.1, -0.05) is 17.3 Å². The number of allylic oxidation sites excluding steroid dienone is 2. The topological polar surface area (TPSA) is 158 Å². The predicted octanol–water partition coefficient (Wildman–Crippen LogP) is 0.218. The number of thioether (sulfide) groups is 1. The van der Waals surface area contributed by atoms with Crippen LogP contribution in [-0.2, 0) is 14.4 Å². The number of carbonyl (C=O) groups is 3. The number of aliphatic carboxylic acids is 1. The Bertz CT molecular complexity index is 906. The Morgan fingerprint density at radius 1 is 1.52 bits per heavy atom. The molecular formula is C15H15N5O5S2. The number of hydrogen-bond donors (Lipinski definition) is 4. The number of thiazole rings is 1. The van der Waals surface area contributed by atoms with Crippen LogP contribution in [-0.4, -0.2) is 60.9 Å². The number of carboxylic acid groups (broad SMARTS) is 1. The SMILES string of the molecule is C/C=C\C1=C(C(=O)O)N2C(=O)[C@@H](NC(=O)/C(=N\O)c3csc(N)n3)[C@@H]2SC1. The minimum Gasteiger partial charge on any atom is -0.477 e. The Labute approximate surface area is 161 Å². The summed E-state index contributed by atoms with van der Waals surface area (Å²) >= 11 is 2.41. The average molecular weight is 409 g/mol. The number of nitrogens with zero attached hydrogens (tertiary/aromatic N) is 3. The Kier molecular flexibility index (Phi) is 5.19. The van der Waals surface area contributed by atoms with Crippen molar-refractivity contribution in [1.29, 1.82) is 0 Å². The van der Waals surface area contributed by atoms with Crippen LogP contribution in [0.15, 0.2) is 34.0 Å². The molecule has 1 saturated heterocycles. The van der Waals surface area contributed by atoms with Gasteiger partial charge in [-0.15, -0.1) is 23.1 Å². The maximum atomic E-state index is 12.5. The highest BCUT2D eigenvalue weighted by Gasteiger charge is 2.54. The molecule has 10 nitrogen and oxygen atoms in total. The third kappa shape index (κ3) is 3.28. The second-order valence-electron chi connectivity index (χ2n) is 5.56. The van der Waals surface area contributed by atoms with Gasteiger partial charge >= 0.3 is 5.97 Å². The maximum Gasteiger partial charge on any atom is 0.352 e. The van der Waals surface area contributed by atoms with E-state index >= 15 is 0 Å². The number of fused-ring (bicyclic) bond motifs is 1. The van der Waals surface area contributed by atoms with Gasteiger partial charge in [0.25, 0.3) is 11.8 Å². The second-order valence-corrected chi connectivity index (χ2v) is 7.55. The summed E-state index contributed by atoms with van der Waals surface area (Å²) < 4.78 is 0. The van der Waals surface area contributed by atoms with E-state index in [-0.39, 0.29) is 22.2 Å². The van der Waals surface area contributed by atoms with E-state index in [1.54, 1.807) is 19.1 Å². The van der Waals surface area contributed by atoms with E-state index in [0.717, 1.165) is 16.2 Å². The molecule has 0 radical (unpaired) electrons. The monoisotopic (exact) mass is 409 g/mol. The first-order chi connectivity index (χ1) is 12.9. The molecular weight excluding hydrogens is 394 g/mol. The molecule has 2 amide bonds. The number of β-lactam (4-membered cyclic amide) rings is 1. The zero-order chi connectivity index (χ0) is 19.7. The molecule has 12 heteroatoms. The summed E-state index contributed by atoms with van der Waals surface area (Å²) in [5, 5.41) is 25.1. The minimum atomic E-state index is -1.21. The number of carboxylic acids is 1. The van der Waals surface area contributed by atoms with Gasteiger partial charge in [0.05, 0.1) is 0 Å². The van der Waals surface area contributed by atoms with Crippen molar-refractivity contribution in [2.24, 2.45) is 5.16 Å². The number of hydrogen-bond acceptors (Lipinski definition) is 9. The van der Waals surface area contributed by atoms with Gasteiger partial charge in [-0.05, 0) is 12.5 Å². The van der Waals surface area contributed by atoms with Gasteiger partial charge in [0.15, 0.2) is 10.8 Å². The van der Waals surface area contributed by atoms with Crippen molar-refractivity contribution < 1.29 is 24.7 Å². The van der Waals surface area contributed by atoms with Crippen molar-refractivity contribution in [2.75, 3.05) is 11.5 Å². The zero-order valence-corrected chi connectivity index (χ0v) is 15.6. The number of anilines is 1. The molecule has 2 atom stereocenters. The van der Waals surface area contributed by atoms with Crippen molar-refractivity contribution in [3.8, 4) is 0 Å². The molecule has 3 rings (SSSR count). The molecule has 0 saturated carbocycles. The molecule has 5 N–H and O–H groups in total. The highest BCUT2D eigenvalue weighted by Crippen LogP contribution is 2.40. The van der Waals surface area contributed by atoms with Crippen LogP contribution < -0.4 is 11.1 Å². The fraction of sp³-hybridized carbons (Fsp3) is 0.267. The van der Waals surface area contributed by atoms with Crippen molar-refractivity contribution in [2.45, 2.75) is 18.3 Å². The lowest BCUT2D eigenvalue weighted by Crippen LogP contribution is -2.71. The number of nitrogens with one attached hydrogen (secondary N) is 1. The summed E-state index contributed by atoms with van der Waals surface area (Å²) in [7, 11) is 0. The largest absolute Gasteiger partial charge is 0.477 e. The van der Waals surface area contributed by atoms with Crippen molar-refractivity contribution >= 4 is 51.7 Å². The first-order valence-corrected chi connectivity index (χ1v) is 9.60. The first kappa shape index (κ1) is 18.9. The minimum absolute atomic E-state index is 0.0823. The molecule has 1 aromatic rings. The molecule has 1 aromatic heterocycles. The van der Waals surface area contributed by atoms with E-state index in [0.29, 0.717) is 11.3 Å². The summed E-state index contributed by atoms with van der Waals surface area (Å²) in [6.45, 7) is 1.76. The van der Waals surface area contributed by atoms with Crippen molar-refractivity contribution in [3.05, 3.63) is 34.5 Å². The molecule has 3 heterocycles. The third-order valence-electron chi connectivity index (χ3n) is 3.93. The predicted molar refractivity (Wildman–Crippen MR) is 99.3 cm³/mol. The van der Waals surface area contributed by atoms with E-state index in [2.05, 4.69) is 15.5 Å². The number of aromatic nitrogens is 1. The number of nitrogens with two attached hydrogens (primary N) is 1. The normalized spacial score (nSPS) is 22.6. The molecule has 142 valence electrons. The van der Waals surface area contributed by atoms with E-state index in [1.807, 2.05) is 0 Å². The number of oxime groups is 1. The van der Waals surface area contributed by atoms with E-state index in [9.17, 15) is 19.5 Å². The summed E-state index contributed by atoms with van der Waals surface area (Å²) in [6.07, 6.45) is 3.35. The van der Waals surface area contributed by atoms with Gasteiger partial charge in [0, 0.05) is 11.1 Å². The zero-order valence-electron chi connectivity index (χ0n) is 13.9. The van der Waals surface area contributed by atoms with E-state index < -0.39 is 29.2 Å². The van der Waals surface area contributed by atoms with Crippen LogP contribution in [0, 0.1) is 0 Å². The quantitative estimate of drug-likeness (QED) is 0.233. The molecule has 2 aliphatic rings. The van der Waals surface area contributed by atoms with Crippen LogP contribution in [0.5, 0.6) is 0 Å². The third-order valence-corrected chi connectivity index (χ3v) is 5.91. The lowest BCUT2D eigenvalue weighted by atomic mass is 10.0. The molecule has 0 spiro atoms. The van der Waals surface area contributed by atoms with Gasteiger partial charge in [-0.25, -0.2) is 9.78 Å². The Morgan fingerprint density at radius 2 is 2.26 bits per heavy atom. The van der Waals surface area contributed by atoms with Crippen LogP contribution in [0.1, 0.15) is 12.6 Å². The first-order valence-electron chi connectivity index (χ1n) is 7.67. The van der Waals surface area contributed by atoms with Gasteiger partial charge in [-0.2, -0.15) is 0 Å². The Balaban J connectivity index is 1.79. The van der Waals surface area contributed by atoms with Crippen molar-refractivity contribution in [1.82, 2.24) is 15.2 Å². The lowest BCUT2D eigenvalue weighted by molar-refractivity contribution is -0.150. The fourth-order valence-corrected chi connectivity index (χ4v) is 4.66. The maximum absolute atomic E-state index is 12.5. The van der Waals surface area contributed by atoms with E-state index in [4.69, 9.17) is 10.9 Å². The highest BCUT2D eigenvalue weighted by molar-refractivity contribution is 8.00. The summed E-state index contributed by atoms with van der Waals surface area (Å²) in [5.74, 6) is -2.17. The standard InChI is InChI=1S/C15H15N5O5S2/c1-2-3-6-4-26-13-9(12(22)20(13)10(6)14(23)24)18-11(21)8(19-25)7-5-27-15(16)17-7/h2-3,5,9,13,25H,4H2,1H3,(H2,16,17)(H,18,21)(H,23,24)/b3-2-,19-8-/t9-,13+/m1/s1. The molecule has 0 bridgehead atoms. The van der Waals surface area contributed by atoms with Crippen LogP contribution >= 0.6 is 23.1 Å². The second kappa shape index (κ2) is 7.40. The smallest absolute Gasteiger partial charge is 0.352 e. The summed E-state index contributed by atoms with van der Waals surface area (Å²) in [4.78, 5) is 41.5. The van der Waals surface area contributed by atoms with Crippen molar-refractivity contribution in [3.63, 3.8) is 0 Å². The Hall–Kier alpha value is -2.86. The molecule has 0 unspecified atom stereocenters.